The van der Waals surface area contributed by atoms with Crippen molar-refractivity contribution in [2.45, 2.75) is 69.0 Å². The molecule has 0 heterocycles. The number of hydrogen-bond donors (Lipinski definition) is 0. The molecule has 2 aliphatic rings. The Morgan fingerprint density at radius 3 is 1.42 bits per heavy atom. The van der Waals surface area contributed by atoms with E-state index in [9.17, 15) is 0 Å². The Hall–Kier alpha value is 0.217. The molecule has 0 N–H and O–H groups in total. The molecule has 1 heteroatoms. The molecule has 69 valence electrons. The molecule has 0 bridgehead atoms. The highest BCUT2D eigenvalue weighted by atomic mass is 28.3. The van der Waals surface area contributed by atoms with Crippen molar-refractivity contribution < 1.29 is 0 Å². The predicted molar refractivity (Wildman–Crippen MR) is 56.1 cm³/mol. The van der Waals surface area contributed by atoms with Gasteiger partial charge < -0.3 is 0 Å². The van der Waals surface area contributed by atoms with Crippen LogP contribution in [0.25, 0.3) is 0 Å². The molecule has 0 aliphatic heterocycles. The van der Waals surface area contributed by atoms with Crippen molar-refractivity contribution in [3.63, 3.8) is 0 Å². The van der Waals surface area contributed by atoms with Crippen LogP contribution < -0.4 is 0 Å². The first-order chi connectivity index (χ1) is 5.88. The maximum absolute atomic E-state index is 2.62. The Morgan fingerprint density at radius 2 is 1.08 bits per heavy atom. The molecule has 0 atom stereocenters. The van der Waals surface area contributed by atoms with Crippen LogP contribution in [-0.4, -0.2) is 8.80 Å². The fourth-order valence-electron chi connectivity index (χ4n) is 3.10. The highest BCUT2D eigenvalue weighted by Crippen LogP contribution is 2.42. The van der Waals surface area contributed by atoms with E-state index < -0.39 is 0 Å². The largest absolute Gasteiger partial charge is 0.0707 e. The molecule has 2 rings (SSSR count). The summed E-state index contributed by atoms with van der Waals surface area (Å²) >= 11 is 0. The van der Waals surface area contributed by atoms with Crippen LogP contribution in [0.1, 0.15) is 51.4 Å². The minimum Gasteiger partial charge on any atom is -0.0707 e. The van der Waals surface area contributed by atoms with E-state index in [2.05, 4.69) is 6.55 Å². The van der Waals surface area contributed by atoms with Gasteiger partial charge in [-0.1, -0.05) is 57.9 Å². The van der Waals surface area contributed by atoms with Crippen molar-refractivity contribution in [2.24, 2.45) is 0 Å². The average molecular weight is 181 g/mol. The maximum atomic E-state index is 2.62. The molecule has 0 nitrogen and oxygen atoms in total. The summed E-state index contributed by atoms with van der Waals surface area (Å²) in [4.78, 5) is 0. The van der Waals surface area contributed by atoms with Crippen LogP contribution in [0.3, 0.4) is 0 Å². The van der Waals surface area contributed by atoms with Gasteiger partial charge in [-0.3, -0.25) is 0 Å². The van der Waals surface area contributed by atoms with E-state index in [1.807, 2.05) is 0 Å². The van der Waals surface area contributed by atoms with Gasteiger partial charge in [-0.15, -0.1) is 0 Å². The van der Waals surface area contributed by atoms with Gasteiger partial charge in [0, 0.05) is 0 Å². The Labute approximate surface area is 78.4 Å². The van der Waals surface area contributed by atoms with Crippen molar-refractivity contribution in [2.75, 3.05) is 0 Å². The van der Waals surface area contributed by atoms with Crippen molar-refractivity contribution >= 4 is 8.80 Å². The smallest absolute Gasteiger partial charge is 0.0512 e. The van der Waals surface area contributed by atoms with E-state index in [1.165, 1.54) is 11.1 Å². The highest BCUT2D eigenvalue weighted by Gasteiger charge is 2.30. The van der Waals surface area contributed by atoms with E-state index in [1.54, 1.807) is 51.4 Å². The molecule has 0 aromatic heterocycles. The summed E-state index contributed by atoms with van der Waals surface area (Å²) in [6.07, 6.45) is 12.5. The van der Waals surface area contributed by atoms with Gasteiger partial charge in [0.25, 0.3) is 0 Å². The van der Waals surface area contributed by atoms with E-state index in [-0.39, 0.29) is 8.80 Å². The molecule has 12 heavy (non-hydrogen) atoms. The molecule has 2 fully saturated rings. The summed E-state index contributed by atoms with van der Waals surface area (Å²) < 4.78 is 0. The second-order valence-corrected chi connectivity index (χ2v) is 7.83. The maximum Gasteiger partial charge on any atom is 0.0512 e. The summed E-state index contributed by atoms with van der Waals surface area (Å²) in [5.41, 5.74) is 2.41. The van der Waals surface area contributed by atoms with Gasteiger partial charge in [0.15, 0.2) is 0 Å². The molecule has 0 aromatic carbocycles. The van der Waals surface area contributed by atoms with Gasteiger partial charge in [-0.25, -0.2) is 0 Å². The summed E-state index contributed by atoms with van der Waals surface area (Å²) in [6.45, 7) is 2.62. The van der Waals surface area contributed by atoms with Crippen molar-refractivity contribution in [3.8, 4) is 0 Å². The summed E-state index contributed by atoms with van der Waals surface area (Å²) in [7, 11) is 0.0550. The zero-order chi connectivity index (χ0) is 8.39. The third kappa shape index (κ3) is 1.76. The van der Waals surface area contributed by atoms with Gasteiger partial charge in [-0.2, -0.15) is 0 Å². The van der Waals surface area contributed by atoms with Gasteiger partial charge in [0.2, 0.25) is 0 Å². The minimum atomic E-state index is 0.0550. The lowest BCUT2D eigenvalue weighted by Crippen LogP contribution is -2.19. The fraction of sp³-hybridized carbons (Fsp3) is 1.00. The van der Waals surface area contributed by atoms with Crippen LogP contribution in [-0.2, 0) is 0 Å². The van der Waals surface area contributed by atoms with Crippen molar-refractivity contribution in [1.29, 1.82) is 0 Å². The van der Waals surface area contributed by atoms with Crippen molar-refractivity contribution in [1.82, 2.24) is 0 Å². The van der Waals surface area contributed by atoms with Gasteiger partial charge >= 0.3 is 0 Å². The number of hydrogen-bond acceptors (Lipinski definition) is 0. The minimum absolute atomic E-state index is 0.0550. The Kier molecular flexibility index (Phi) is 2.90. The highest BCUT2D eigenvalue weighted by molar-refractivity contribution is 6.60. The normalized spacial score (nSPS) is 27.5. The topological polar surface area (TPSA) is 0 Å². The Bertz CT molecular complexity index is 116. The fourth-order valence-corrected chi connectivity index (χ4v) is 6.40. The van der Waals surface area contributed by atoms with Crippen LogP contribution in [0.2, 0.25) is 17.6 Å². The lowest BCUT2D eigenvalue weighted by Gasteiger charge is -2.23. The second kappa shape index (κ2) is 3.95. The first kappa shape index (κ1) is 8.80. The van der Waals surface area contributed by atoms with Crippen LogP contribution >= 0.6 is 0 Å². The quantitative estimate of drug-likeness (QED) is 0.565. The summed E-state index contributed by atoms with van der Waals surface area (Å²) in [6, 6.07) is 0. The lowest BCUT2D eigenvalue weighted by molar-refractivity contribution is 0.776. The molecular formula is C11H21Si. The van der Waals surface area contributed by atoms with E-state index in [0.717, 1.165) is 0 Å². The van der Waals surface area contributed by atoms with E-state index in [0.29, 0.717) is 0 Å². The van der Waals surface area contributed by atoms with Crippen molar-refractivity contribution in [3.05, 3.63) is 0 Å². The van der Waals surface area contributed by atoms with Gasteiger partial charge in [0.05, 0.1) is 8.80 Å². The van der Waals surface area contributed by atoms with Crippen LogP contribution in [0.4, 0.5) is 0 Å². The van der Waals surface area contributed by atoms with Crippen LogP contribution in [0.15, 0.2) is 0 Å². The molecule has 1 radical (unpaired) electrons. The second-order valence-electron chi connectivity index (χ2n) is 4.71. The summed E-state index contributed by atoms with van der Waals surface area (Å²) in [5, 5.41) is 0. The van der Waals surface area contributed by atoms with E-state index in [4.69, 9.17) is 0 Å². The third-order valence-corrected chi connectivity index (χ3v) is 7.73. The molecule has 2 aliphatic carbocycles. The van der Waals surface area contributed by atoms with Gasteiger partial charge in [0.1, 0.15) is 0 Å². The Balaban J connectivity index is 1.84. The molecule has 0 spiro atoms. The summed E-state index contributed by atoms with van der Waals surface area (Å²) in [5.74, 6) is 0. The molecule has 0 unspecified atom stereocenters. The molecule has 0 aromatic rings. The monoisotopic (exact) mass is 181 g/mol. The molecule has 0 saturated heterocycles. The lowest BCUT2D eigenvalue weighted by atomic mass is 10.3. The van der Waals surface area contributed by atoms with Crippen LogP contribution in [0, 0.1) is 0 Å². The SMILES string of the molecule is C[Si](C1CCCC1)C1CCCC1. The first-order valence-corrected chi connectivity index (χ1v) is 7.87. The van der Waals surface area contributed by atoms with E-state index >= 15 is 0 Å². The zero-order valence-electron chi connectivity index (χ0n) is 8.31. The predicted octanol–water partition coefficient (Wildman–Crippen LogP) is 4.00. The molecular weight excluding hydrogens is 160 g/mol. The molecule has 0 amide bonds. The average Bonchev–Trinajstić information content (AvgIpc) is 2.77. The van der Waals surface area contributed by atoms with Gasteiger partial charge in [-0.05, 0) is 11.1 Å². The molecule has 2 saturated carbocycles. The number of rotatable bonds is 2. The van der Waals surface area contributed by atoms with Crippen LogP contribution in [0.5, 0.6) is 0 Å². The standard InChI is InChI=1S/C11H21Si/c1-12(10-6-2-3-7-10)11-8-4-5-9-11/h10-11H,2-9H2,1H3. The zero-order valence-corrected chi connectivity index (χ0v) is 9.31. The first-order valence-electron chi connectivity index (χ1n) is 5.71. The Morgan fingerprint density at radius 1 is 0.750 bits per heavy atom. The third-order valence-electron chi connectivity index (χ3n) is 4.00.